The van der Waals surface area contributed by atoms with Crippen LogP contribution in [0.15, 0.2) is 24.5 Å². The average Bonchev–Trinajstić information content (AvgIpc) is 3.14. The van der Waals surface area contributed by atoms with E-state index in [1.807, 2.05) is 18.2 Å². The zero-order valence-electron chi connectivity index (χ0n) is 13.9. The van der Waals surface area contributed by atoms with Crippen molar-refractivity contribution in [3.63, 3.8) is 0 Å². The first-order valence-corrected chi connectivity index (χ1v) is 8.67. The highest BCUT2D eigenvalue weighted by Crippen LogP contribution is 2.32. The molecule has 3 heterocycles. The largest absolute Gasteiger partial charge is 0.488 e. The van der Waals surface area contributed by atoms with Crippen LogP contribution in [0.5, 0.6) is 5.75 Å². The molecule has 2 aliphatic rings. The fraction of sp³-hybridized carbons (Fsp3) is 0.500. The number of piperidine rings is 1. The number of ether oxygens (including phenoxy) is 2. The molecule has 2 saturated heterocycles. The lowest BCUT2D eigenvalue weighted by Crippen LogP contribution is -2.37. The molecule has 0 spiro atoms. The van der Waals surface area contributed by atoms with Crippen LogP contribution in [0, 0.1) is 0 Å². The zero-order chi connectivity index (χ0) is 17.2. The first kappa shape index (κ1) is 16.1. The summed E-state index contributed by atoms with van der Waals surface area (Å²) < 4.78 is 11.3. The number of hydrogen-bond acceptors (Lipinski definition) is 5. The van der Waals surface area contributed by atoms with Crippen molar-refractivity contribution in [3.05, 3.63) is 30.2 Å². The number of rotatable bonds is 3. The number of fused-ring (bicyclic) bond motifs is 1. The van der Waals surface area contributed by atoms with Gasteiger partial charge < -0.3 is 19.5 Å². The van der Waals surface area contributed by atoms with Crippen molar-refractivity contribution < 1.29 is 19.4 Å². The van der Waals surface area contributed by atoms with Gasteiger partial charge >= 0.3 is 6.09 Å². The SMILES string of the molecule is O=C(O)N1CCC(c2ncnc3cc(OC4CCOC4)ccc23)CC1. The van der Waals surface area contributed by atoms with E-state index in [-0.39, 0.29) is 12.0 Å². The maximum absolute atomic E-state index is 11.1. The smallest absolute Gasteiger partial charge is 0.407 e. The van der Waals surface area contributed by atoms with Gasteiger partial charge in [0.15, 0.2) is 0 Å². The van der Waals surface area contributed by atoms with Crippen molar-refractivity contribution in [1.29, 1.82) is 0 Å². The van der Waals surface area contributed by atoms with E-state index in [2.05, 4.69) is 9.97 Å². The van der Waals surface area contributed by atoms with Crippen LogP contribution in [-0.2, 0) is 4.74 Å². The average molecular weight is 343 g/mol. The first-order chi connectivity index (χ1) is 12.2. The Bertz CT molecular complexity index is 768. The van der Waals surface area contributed by atoms with Gasteiger partial charge in [0.05, 0.1) is 24.4 Å². The van der Waals surface area contributed by atoms with Crippen LogP contribution < -0.4 is 4.74 Å². The lowest BCUT2D eigenvalue weighted by atomic mass is 9.91. The quantitative estimate of drug-likeness (QED) is 0.922. The minimum absolute atomic E-state index is 0.110. The van der Waals surface area contributed by atoms with Gasteiger partial charge in [0.1, 0.15) is 18.2 Å². The van der Waals surface area contributed by atoms with E-state index >= 15 is 0 Å². The van der Waals surface area contributed by atoms with E-state index in [4.69, 9.17) is 14.6 Å². The van der Waals surface area contributed by atoms with Gasteiger partial charge in [-0.25, -0.2) is 14.8 Å². The molecule has 0 bridgehead atoms. The van der Waals surface area contributed by atoms with Crippen LogP contribution in [0.2, 0.25) is 0 Å². The van der Waals surface area contributed by atoms with E-state index in [0.717, 1.165) is 48.2 Å². The normalized spacial score (nSPS) is 21.6. The van der Waals surface area contributed by atoms with Crippen LogP contribution in [0.1, 0.15) is 30.9 Å². The molecule has 0 radical (unpaired) electrons. The number of likely N-dealkylation sites (tertiary alicyclic amines) is 1. The summed E-state index contributed by atoms with van der Waals surface area (Å²) in [5.74, 6) is 1.06. The number of hydrogen-bond donors (Lipinski definition) is 1. The lowest BCUT2D eigenvalue weighted by molar-refractivity contribution is 0.132. The number of carboxylic acid groups (broad SMARTS) is 1. The molecule has 132 valence electrons. The minimum Gasteiger partial charge on any atom is -0.488 e. The van der Waals surface area contributed by atoms with Gasteiger partial charge in [-0.05, 0) is 25.0 Å². The summed E-state index contributed by atoms with van der Waals surface area (Å²) in [4.78, 5) is 21.4. The molecule has 7 nitrogen and oxygen atoms in total. The summed E-state index contributed by atoms with van der Waals surface area (Å²) in [5, 5.41) is 10.1. The summed E-state index contributed by atoms with van der Waals surface area (Å²) >= 11 is 0. The van der Waals surface area contributed by atoms with Crippen LogP contribution in [0.25, 0.3) is 10.9 Å². The lowest BCUT2D eigenvalue weighted by Gasteiger charge is -2.30. The topological polar surface area (TPSA) is 84.8 Å². The molecule has 1 unspecified atom stereocenters. The molecule has 1 aromatic heterocycles. The van der Waals surface area contributed by atoms with Gasteiger partial charge in [0.25, 0.3) is 0 Å². The predicted octanol–water partition coefficient (Wildman–Crippen LogP) is 2.65. The number of nitrogens with zero attached hydrogens (tertiary/aromatic N) is 3. The van der Waals surface area contributed by atoms with Crippen molar-refractivity contribution in [2.75, 3.05) is 26.3 Å². The summed E-state index contributed by atoms with van der Waals surface area (Å²) in [5.41, 5.74) is 1.87. The second kappa shape index (κ2) is 6.84. The summed E-state index contributed by atoms with van der Waals surface area (Å²) in [7, 11) is 0. The molecule has 4 rings (SSSR count). The van der Waals surface area contributed by atoms with E-state index in [1.165, 1.54) is 4.90 Å². The van der Waals surface area contributed by atoms with Gasteiger partial charge in [-0.3, -0.25) is 0 Å². The van der Waals surface area contributed by atoms with Crippen LogP contribution >= 0.6 is 0 Å². The molecule has 0 aliphatic carbocycles. The standard InChI is InChI=1S/C18H21N3O4/c22-18(23)21-6-3-12(4-7-21)17-15-2-1-13(9-16(15)19-11-20-17)25-14-5-8-24-10-14/h1-2,9,11-12,14H,3-8,10H2,(H,22,23). The molecule has 2 aromatic rings. The van der Waals surface area contributed by atoms with E-state index < -0.39 is 6.09 Å². The first-order valence-electron chi connectivity index (χ1n) is 8.67. The summed E-state index contributed by atoms with van der Waals surface area (Å²) in [6.45, 7) is 2.48. The molecule has 1 atom stereocenters. The maximum Gasteiger partial charge on any atom is 0.407 e. The van der Waals surface area contributed by atoms with E-state index in [0.29, 0.717) is 19.7 Å². The number of amides is 1. The highest BCUT2D eigenvalue weighted by molar-refractivity contribution is 5.82. The molecule has 2 aliphatic heterocycles. The highest BCUT2D eigenvalue weighted by Gasteiger charge is 2.25. The molecular formula is C18H21N3O4. The Hall–Kier alpha value is -2.41. The molecule has 1 aromatic carbocycles. The molecule has 1 amide bonds. The Kier molecular flexibility index (Phi) is 4.40. The molecule has 2 fully saturated rings. The maximum atomic E-state index is 11.1. The van der Waals surface area contributed by atoms with Gasteiger partial charge in [0.2, 0.25) is 0 Å². The third-order valence-corrected chi connectivity index (χ3v) is 4.98. The van der Waals surface area contributed by atoms with Crippen LogP contribution in [-0.4, -0.2) is 58.5 Å². The zero-order valence-corrected chi connectivity index (χ0v) is 13.9. The fourth-order valence-corrected chi connectivity index (χ4v) is 3.60. The number of benzene rings is 1. The molecule has 0 saturated carbocycles. The van der Waals surface area contributed by atoms with Crippen molar-refractivity contribution in [3.8, 4) is 5.75 Å². The third-order valence-electron chi connectivity index (χ3n) is 4.98. The summed E-state index contributed by atoms with van der Waals surface area (Å²) in [6.07, 6.45) is 3.34. The molecule has 1 N–H and O–H groups in total. The highest BCUT2D eigenvalue weighted by atomic mass is 16.5. The predicted molar refractivity (Wildman–Crippen MR) is 91.0 cm³/mol. The monoisotopic (exact) mass is 343 g/mol. The van der Waals surface area contributed by atoms with E-state index in [9.17, 15) is 4.79 Å². The van der Waals surface area contributed by atoms with Crippen LogP contribution in [0.3, 0.4) is 0 Å². The van der Waals surface area contributed by atoms with Crippen molar-refractivity contribution in [2.24, 2.45) is 0 Å². The van der Waals surface area contributed by atoms with Crippen LogP contribution in [0.4, 0.5) is 4.79 Å². The van der Waals surface area contributed by atoms with Crippen molar-refractivity contribution >= 4 is 17.0 Å². The minimum atomic E-state index is -0.844. The Balaban J connectivity index is 1.55. The molecule has 7 heteroatoms. The summed E-state index contributed by atoms with van der Waals surface area (Å²) in [6, 6.07) is 5.92. The Morgan fingerprint density at radius 2 is 2.08 bits per heavy atom. The molecular weight excluding hydrogens is 322 g/mol. The third kappa shape index (κ3) is 3.37. The Labute approximate surface area is 145 Å². The number of aromatic nitrogens is 2. The number of carbonyl (C=O) groups is 1. The fourth-order valence-electron chi connectivity index (χ4n) is 3.60. The van der Waals surface area contributed by atoms with Gasteiger partial charge in [-0.2, -0.15) is 0 Å². The van der Waals surface area contributed by atoms with Crippen molar-refractivity contribution in [2.45, 2.75) is 31.3 Å². The van der Waals surface area contributed by atoms with Gasteiger partial charge in [-0.1, -0.05) is 0 Å². The Morgan fingerprint density at radius 3 is 2.80 bits per heavy atom. The second-order valence-corrected chi connectivity index (χ2v) is 6.59. The van der Waals surface area contributed by atoms with Gasteiger partial charge in [-0.15, -0.1) is 0 Å². The van der Waals surface area contributed by atoms with Crippen molar-refractivity contribution in [1.82, 2.24) is 14.9 Å². The Morgan fingerprint density at radius 1 is 1.24 bits per heavy atom. The second-order valence-electron chi connectivity index (χ2n) is 6.59. The van der Waals surface area contributed by atoms with Gasteiger partial charge in [0, 0.05) is 36.9 Å². The van der Waals surface area contributed by atoms with E-state index in [1.54, 1.807) is 6.33 Å². The molecule has 25 heavy (non-hydrogen) atoms.